The zero-order valence-corrected chi connectivity index (χ0v) is 33.5. The fraction of sp³-hybridized carbons (Fsp3) is 0.923. The van der Waals surface area contributed by atoms with E-state index in [1.54, 1.807) is 6.08 Å². The van der Waals surface area contributed by atoms with Gasteiger partial charge in [0.2, 0.25) is 5.91 Å². The molecule has 314 valence electrons. The van der Waals surface area contributed by atoms with Crippen molar-refractivity contribution in [2.24, 2.45) is 0 Å². The van der Waals surface area contributed by atoms with Crippen molar-refractivity contribution in [1.29, 1.82) is 0 Å². The Hall–Kier alpha value is -1.20. The van der Waals surface area contributed by atoms with E-state index in [4.69, 9.17) is 14.0 Å². The highest BCUT2D eigenvalue weighted by atomic mass is 32.3. The Morgan fingerprint density at radius 2 is 1.23 bits per heavy atom. The lowest BCUT2D eigenvalue weighted by atomic mass is 9.99. The summed E-state index contributed by atoms with van der Waals surface area (Å²) in [6.07, 6.45) is 19.1. The second-order valence-corrected chi connectivity index (χ2v) is 15.8. The molecule has 1 saturated heterocycles. The van der Waals surface area contributed by atoms with Crippen molar-refractivity contribution in [2.75, 3.05) is 13.2 Å². The van der Waals surface area contributed by atoms with Gasteiger partial charge in [0.1, 0.15) is 30.5 Å². The van der Waals surface area contributed by atoms with Crippen LogP contribution in [-0.4, -0.2) is 107 Å². The normalized spacial score (nSPS) is 22.6. The SMILES string of the molecule is CCCCCCC/C=C/C(O)C(COC1OC(CO)C(O)C(OS(=O)(=O)O)C1O)NC(=O)C(O)CCCCCCCCCCCCCCCCCCC. The highest BCUT2D eigenvalue weighted by Crippen LogP contribution is 2.26. The number of carbonyl (C=O) groups excluding carboxylic acids is 1. The maximum Gasteiger partial charge on any atom is 0.397 e. The summed E-state index contributed by atoms with van der Waals surface area (Å²) in [6, 6.07) is -1.11. The smallest absolute Gasteiger partial charge is 0.394 e. The van der Waals surface area contributed by atoms with Gasteiger partial charge in [-0.1, -0.05) is 161 Å². The molecule has 14 heteroatoms. The quantitative estimate of drug-likeness (QED) is 0.0235. The van der Waals surface area contributed by atoms with Crippen LogP contribution in [0.2, 0.25) is 0 Å². The monoisotopic (exact) mass is 782 g/mol. The molecular weight excluding hydrogens is 706 g/mol. The molecule has 1 aliphatic heterocycles. The van der Waals surface area contributed by atoms with Crippen molar-refractivity contribution in [2.45, 2.75) is 217 Å². The predicted octanol–water partition coefficient (Wildman–Crippen LogP) is 5.80. The number of unbranched alkanes of at least 4 members (excludes halogenated alkanes) is 21. The van der Waals surface area contributed by atoms with E-state index in [0.29, 0.717) is 12.8 Å². The second kappa shape index (κ2) is 31.0. The van der Waals surface area contributed by atoms with Crippen molar-refractivity contribution < 1.29 is 57.0 Å². The number of carbonyl (C=O) groups is 1. The molecule has 0 spiro atoms. The number of aliphatic hydroxyl groups is 5. The molecule has 0 saturated carbocycles. The summed E-state index contributed by atoms with van der Waals surface area (Å²) in [4.78, 5) is 13.0. The van der Waals surface area contributed by atoms with Crippen LogP contribution < -0.4 is 5.32 Å². The van der Waals surface area contributed by atoms with Gasteiger partial charge in [-0.15, -0.1) is 0 Å². The molecule has 0 bridgehead atoms. The van der Waals surface area contributed by atoms with Crippen molar-refractivity contribution in [3.05, 3.63) is 12.2 Å². The summed E-state index contributed by atoms with van der Waals surface area (Å²) in [5.74, 6) is -0.705. The molecule has 0 aromatic heterocycles. The highest BCUT2D eigenvalue weighted by molar-refractivity contribution is 7.80. The molecule has 1 heterocycles. The first-order chi connectivity index (χ1) is 25.4. The average molecular weight is 782 g/mol. The van der Waals surface area contributed by atoms with Gasteiger partial charge < -0.3 is 40.3 Å². The molecule has 0 aromatic rings. The van der Waals surface area contributed by atoms with Crippen molar-refractivity contribution in [1.82, 2.24) is 5.32 Å². The molecule has 13 nitrogen and oxygen atoms in total. The van der Waals surface area contributed by atoms with Gasteiger partial charge in [0.05, 0.1) is 25.4 Å². The van der Waals surface area contributed by atoms with Gasteiger partial charge in [0.15, 0.2) is 6.29 Å². The Balaban J connectivity index is 2.53. The Kier molecular flexibility index (Phi) is 29.1. The molecule has 1 rings (SSSR count). The minimum absolute atomic E-state index is 0.247. The van der Waals surface area contributed by atoms with E-state index in [9.17, 15) is 38.7 Å². The summed E-state index contributed by atoms with van der Waals surface area (Å²) >= 11 is 0. The van der Waals surface area contributed by atoms with Gasteiger partial charge >= 0.3 is 10.4 Å². The van der Waals surface area contributed by atoms with Gasteiger partial charge in [0, 0.05) is 0 Å². The number of nitrogens with one attached hydrogen (secondary N) is 1. The number of hydrogen-bond donors (Lipinski definition) is 7. The van der Waals surface area contributed by atoms with E-state index >= 15 is 0 Å². The lowest BCUT2D eigenvalue weighted by molar-refractivity contribution is -0.298. The van der Waals surface area contributed by atoms with Gasteiger partial charge in [-0.05, 0) is 19.3 Å². The highest BCUT2D eigenvalue weighted by Gasteiger charge is 2.48. The molecule has 0 aromatic carbocycles. The van der Waals surface area contributed by atoms with Crippen molar-refractivity contribution >= 4 is 16.3 Å². The third-order valence-corrected chi connectivity index (χ3v) is 10.4. The summed E-state index contributed by atoms with van der Waals surface area (Å²) in [6.45, 7) is 3.12. The topological polar surface area (TPSA) is 212 Å². The molecule has 8 atom stereocenters. The van der Waals surface area contributed by atoms with E-state index in [2.05, 4.69) is 23.3 Å². The summed E-state index contributed by atoms with van der Waals surface area (Å²) in [5.41, 5.74) is 0. The zero-order valence-electron chi connectivity index (χ0n) is 32.7. The van der Waals surface area contributed by atoms with E-state index < -0.39 is 78.5 Å². The number of rotatable bonds is 34. The Morgan fingerprint density at radius 3 is 1.70 bits per heavy atom. The minimum Gasteiger partial charge on any atom is -0.394 e. The van der Waals surface area contributed by atoms with Crippen LogP contribution in [0.25, 0.3) is 0 Å². The van der Waals surface area contributed by atoms with Crippen molar-refractivity contribution in [3.8, 4) is 0 Å². The van der Waals surface area contributed by atoms with E-state index in [1.807, 2.05) is 0 Å². The van der Waals surface area contributed by atoms with E-state index in [-0.39, 0.29) is 6.42 Å². The third-order valence-electron chi connectivity index (χ3n) is 9.93. The van der Waals surface area contributed by atoms with Crippen LogP contribution in [0.15, 0.2) is 12.2 Å². The third kappa shape index (κ3) is 24.1. The Bertz CT molecular complexity index is 1030. The lowest BCUT2D eigenvalue weighted by Crippen LogP contribution is -2.61. The van der Waals surface area contributed by atoms with Gasteiger partial charge in [-0.2, -0.15) is 8.42 Å². The summed E-state index contributed by atoms with van der Waals surface area (Å²) in [7, 11) is -5.11. The van der Waals surface area contributed by atoms with Gasteiger partial charge in [-0.3, -0.25) is 9.35 Å². The molecule has 53 heavy (non-hydrogen) atoms. The molecule has 0 radical (unpaired) electrons. The maximum atomic E-state index is 13.0. The minimum atomic E-state index is -5.11. The van der Waals surface area contributed by atoms with Crippen LogP contribution in [0, 0.1) is 0 Å². The molecule has 8 unspecified atom stereocenters. The predicted molar refractivity (Wildman–Crippen MR) is 205 cm³/mol. The zero-order chi connectivity index (χ0) is 39.3. The second-order valence-electron chi connectivity index (χ2n) is 14.7. The first-order valence-corrected chi connectivity index (χ1v) is 22.0. The number of hydrogen-bond acceptors (Lipinski definition) is 11. The number of ether oxygens (including phenoxy) is 2. The van der Waals surface area contributed by atoms with Crippen LogP contribution in [0.1, 0.15) is 168 Å². The molecule has 1 aliphatic rings. The fourth-order valence-corrected chi connectivity index (χ4v) is 7.09. The van der Waals surface area contributed by atoms with E-state index in [0.717, 1.165) is 51.4 Å². The Labute approximate surface area is 320 Å². The molecular formula is C39H75NO12S. The first kappa shape index (κ1) is 49.8. The Morgan fingerprint density at radius 1 is 0.755 bits per heavy atom. The van der Waals surface area contributed by atoms with Crippen LogP contribution in [0.5, 0.6) is 0 Å². The maximum absolute atomic E-state index is 13.0. The van der Waals surface area contributed by atoms with Crippen LogP contribution >= 0.6 is 0 Å². The van der Waals surface area contributed by atoms with Gasteiger partial charge in [0.25, 0.3) is 0 Å². The summed E-state index contributed by atoms with van der Waals surface area (Å²) in [5, 5.41) is 54.7. The number of allylic oxidation sites excluding steroid dienone is 1. The number of amides is 1. The van der Waals surface area contributed by atoms with Gasteiger partial charge in [-0.25, -0.2) is 4.18 Å². The fourth-order valence-electron chi connectivity index (χ4n) is 6.58. The van der Waals surface area contributed by atoms with Crippen LogP contribution in [0.3, 0.4) is 0 Å². The molecule has 1 amide bonds. The standard InChI is InChI=1S/C39H75NO12S/c1-3-5-7-9-11-12-13-14-15-16-17-18-19-20-22-24-26-28-33(43)38(46)40-31(32(42)27-25-23-21-10-8-6-4-2)30-50-39-36(45)37(52-53(47,48)49)35(44)34(29-41)51-39/h25,27,31-37,39,41-45H,3-24,26,28-30H2,1-2H3,(H,40,46)(H,47,48,49)/b27-25+. The lowest BCUT2D eigenvalue weighted by Gasteiger charge is -2.41. The van der Waals surface area contributed by atoms with Crippen LogP contribution in [-0.2, 0) is 28.9 Å². The molecule has 0 aliphatic carbocycles. The molecule has 7 N–H and O–H groups in total. The first-order valence-electron chi connectivity index (χ1n) is 20.7. The van der Waals surface area contributed by atoms with Crippen molar-refractivity contribution in [3.63, 3.8) is 0 Å². The molecule has 1 fully saturated rings. The average Bonchev–Trinajstić information content (AvgIpc) is 3.12. The largest absolute Gasteiger partial charge is 0.397 e. The summed E-state index contributed by atoms with van der Waals surface area (Å²) < 4.78 is 47.2. The van der Waals surface area contributed by atoms with Crippen LogP contribution in [0.4, 0.5) is 0 Å². The number of aliphatic hydroxyl groups excluding tert-OH is 5. The van der Waals surface area contributed by atoms with E-state index in [1.165, 1.54) is 89.5 Å².